The number of aliphatic hydroxyl groups is 1. The van der Waals surface area contributed by atoms with Crippen LogP contribution in [0.15, 0.2) is 24.5 Å². The number of nitrogens with one attached hydrogen (secondary N) is 2. The summed E-state index contributed by atoms with van der Waals surface area (Å²) in [4.78, 5) is 10.5. The molecule has 1 atom stereocenters. The Labute approximate surface area is 152 Å². The Bertz CT molecular complexity index is 731. The van der Waals surface area contributed by atoms with Gasteiger partial charge in [0.1, 0.15) is 5.82 Å². The summed E-state index contributed by atoms with van der Waals surface area (Å²) in [5.41, 5.74) is 0.232. The minimum atomic E-state index is -1.24. The molecule has 0 aliphatic rings. The van der Waals surface area contributed by atoms with Gasteiger partial charge in [0.15, 0.2) is 0 Å². The summed E-state index contributed by atoms with van der Waals surface area (Å²) < 4.78 is 13.8. The molecule has 2 rings (SSSR count). The Morgan fingerprint density at radius 2 is 1.84 bits per heavy atom. The van der Waals surface area contributed by atoms with Crippen molar-refractivity contribution in [3.63, 3.8) is 0 Å². The van der Waals surface area contributed by atoms with Gasteiger partial charge in [-0.2, -0.15) is 0 Å². The van der Waals surface area contributed by atoms with Crippen LogP contribution in [0.25, 0.3) is 0 Å². The minimum Gasteiger partial charge on any atom is -0.386 e. The normalized spacial score (nSPS) is 13.0. The average molecular weight is 368 g/mol. The standard InChI is InChI=1S/C17H23ClFN5O/c1-10(24(4)5)22-16-20-8-11(9-21-16)23-15-7-13(18)14(19)6-12(15)17(2,3)25/h6-10,23,25H,1-5H3,(H,20,21,22). The van der Waals surface area contributed by atoms with Gasteiger partial charge >= 0.3 is 0 Å². The fourth-order valence-electron chi connectivity index (χ4n) is 2.09. The van der Waals surface area contributed by atoms with Crippen molar-refractivity contribution in [3.05, 3.63) is 40.9 Å². The predicted octanol–water partition coefficient (Wildman–Crippen LogP) is 3.56. The number of anilines is 3. The lowest BCUT2D eigenvalue weighted by Crippen LogP contribution is -2.32. The van der Waals surface area contributed by atoms with Crippen LogP contribution in [0.3, 0.4) is 0 Å². The van der Waals surface area contributed by atoms with Crippen molar-refractivity contribution in [3.8, 4) is 0 Å². The Morgan fingerprint density at radius 3 is 2.36 bits per heavy atom. The van der Waals surface area contributed by atoms with Crippen LogP contribution in [0.2, 0.25) is 5.02 Å². The summed E-state index contributed by atoms with van der Waals surface area (Å²) in [5.74, 6) is -0.0931. The van der Waals surface area contributed by atoms with E-state index in [1.54, 1.807) is 26.2 Å². The molecule has 0 saturated carbocycles. The van der Waals surface area contributed by atoms with Gasteiger partial charge in [-0.15, -0.1) is 0 Å². The van der Waals surface area contributed by atoms with E-state index in [0.717, 1.165) is 0 Å². The van der Waals surface area contributed by atoms with E-state index in [1.807, 2.05) is 25.9 Å². The molecule has 0 saturated heterocycles. The maximum atomic E-state index is 13.8. The maximum Gasteiger partial charge on any atom is 0.223 e. The van der Waals surface area contributed by atoms with Crippen LogP contribution in [0.1, 0.15) is 26.3 Å². The first-order chi connectivity index (χ1) is 11.6. The van der Waals surface area contributed by atoms with Gasteiger partial charge in [-0.05, 0) is 47.0 Å². The highest BCUT2D eigenvalue weighted by Gasteiger charge is 2.22. The number of nitrogens with zero attached hydrogens (tertiary/aromatic N) is 3. The molecule has 0 bridgehead atoms. The summed E-state index contributed by atoms with van der Waals surface area (Å²) in [5, 5.41) is 16.5. The third-order valence-corrected chi connectivity index (χ3v) is 4.05. The third-order valence-electron chi connectivity index (χ3n) is 3.76. The number of aromatic nitrogens is 2. The second-order valence-electron chi connectivity index (χ2n) is 6.58. The highest BCUT2D eigenvalue weighted by molar-refractivity contribution is 6.31. The smallest absolute Gasteiger partial charge is 0.223 e. The summed E-state index contributed by atoms with van der Waals surface area (Å²) >= 11 is 5.87. The van der Waals surface area contributed by atoms with Gasteiger partial charge in [-0.3, -0.25) is 4.90 Å². The van der Waals surface area contributed by atoms with Crippen molar-refractivity contribution in [1.29, 1.82) is 0 Å². The maximum absolute atomic E-state index is 13.8. The van der Waals surface area contributed by atoms with Crippen LogP contribution in [-0.2, 0) is 5.60 Å². The van der Waals surface area contributed by atoms with Gasteiger partial charge in [0, 0.05) is 11.3 Å². The Hall–Kier alpha value is -1.96. The molecule has 6 nitrogen and oxygen atoms in total. The number of halogens is 2. The molecule has 1 unspecified atom stereocenters. The van der Waals surface area contributed by atoms with Gasteiger partial charge in [-0.25, -0.2) is 14.4 Å². The summed E-state index contributed by atoms with van der Waals surface area (Å²) in [6.45, 7) is 5.14. The van der Waals surface area contributed by atoms with E-state index in [1.165, 1.54) is 12.1 Å². The van der Waals surface area contributed by atoms with Gasteiger partial charge in [0.2, 0.25) is 5.95 Å². The van der Waals surface area contributed by atoms with Gasteiger partial charge in [0.05, 0.1) is 34.9 Å². The molecule has 25 heavy (non-hydrogen) atoms. The second kappa shape index (κ2) is 7.51. The minimum absolute atomic E-state index is 0.0329. The average Bonchev–Trinajstić information content (AvgIpc) is 2.51. The molecule has 0 radical (unpaired) electrons. The van der Waals surface area contributed by atoms with Gasteiger partial charge in [-0.1, -0.05) is 11.6 Å². The van der Waals surface area contributed by atoms with E-state index in [4.69, 9.17) is 11.6 Å². The zero-order valence-electron chi connectivity index (χ0n) is 14.9. The highest BCUT2D eigenvalue weighted by atomic mass is 35.5. The molecular formula is C17H23ClFN5O. The third kappa shape index (κ3) is 5.01. The molecule has 0 fully saturated rings. The van der Waals surface area contributed by atoms with Crippen LogP contribution in [0, 0.1) is 5.82 Å². The van der Waals surface area contributed by atoms with E-state index in [9.17, 15) is 9.50 Å². The lowest BCUT2D eigenvalue weighted by atomic mass is 9.96. The van der Waals surface area contributed by atoms with Gasteiger partial charge in [0.25, 0.3) is 0 Å². The first-order valence-corrected chi connectivity index (χ1v) is 8.19. The fourth-order valence-corrected chi connectivity index (χ4v) is 2.26. The summed E-state index contributed by atoms with van der Waals surface area (Å²) in [6, 6.07) is 2.66. The van der Waals surface area contributed by atoms with E-state index in [2.05, 4.69) is 20.6 Å². The zero-order valence-corrected chi connectivity index (χ0v) is 15.7. The molecule has 0 aliphatic carbocycles. The van der Waals surface area contributed by atoms with Crippen molar-refractivity contribution in [1.82, 2.24) is 14.9 Å². The molecule has 1 heterocycles. The molecular weight excluding hydrogens is 345 g/mol. The Kier molecular flexibility index (Phi) is 5.82. The van der Waals surface area contributed by atoms with E-state index < -0.39 is 11.4 Å². The molecule has 1 aromatic heterocycles. The second-order valence-corrected chi connectivity index (χ2v) is 6.98. The van der Waals surface area contributed by atoms with E-state index in [-0.39, 0.29) is 11.2 Å². The van der Waals surface area contributed by atoms with Crippen LogP contribution in [0.4, 0.5) is 21.7 Å². The van der Waals surface area contributed by atoms with E-state index in [0.29, 0.717) is 22.9 Å². The molecule has 0 spiro atoms. The number of hydrogen-bond donors (Lipinski definition) is 3. The van der Waals surface area contributed by atoms with Crippen molar-refractivity contribution in [2.45, 2.75) is 32.5 Å². The summed E-state index contributed by atoms with van der Waals surface area (Å²) in [7, 11) is 3.90. The Balaban J connectivity index is 2.24. The lowest BCUT2D eigenvalue weighted by molar-refractivity contribution is 0.0790. The monoisotopic (exact) mass is 367 g/mol. The van der Waals surface area contributed by atoms with Crippen LogP contribution < -0.4 is 10.6 Å². The van der Waals surface area contributed by atoms with Crippen LogP contribution in [0.5, 0.6) is 0 Å². The van der Waals surface area contributed by atoms with Crippen molar-refractivity contribution >= 4 is 28.9 Å². The van der Waals surface area contributed by atoms with Gasteiger partial charge < -0.3 is 15.7 Å². The van der Waals surface area contributed by atoms with Crippen molar-refractivity contribution < 1.29 is 9.50 Å². The molecule has 0 amide bonds. The summed E-state index contributed by atoms with van der Waals surface area (Å²) in [6.07, 6.45) is 3.28. The highest BCUT2D eigenvalue weighted by Crippen LogP contribution is 2.33. The number of rotatable bonds is 6. The fraction of sp³-hybridized carbons (Fsp3) is 0.412. The first kappa shape index (κ1) is 19.4. The van der Waals surface area contributed by atoms with E-state index >= 15 is 0 Å². The zero-order chi connectivity index (χ0) is 18.8. The van der Waals surface area contributed by atoms with Crippen molar-refractivity contribution in [2.75, 3.05) is 24.7 Å². The molecule has 8 heteroatoms. The molecule has 136 valence electrons. The topological polar surface area (TPSA) is 73.3 Å². The quantitative estimate of drug-likeness (QED) is 0.678. The molecule has 0 aliphatic heterocycles. The molecule has 2 aromatic rings. The SMILES string of the molecule is CC(Nc1ncc(Nc2cc(Cl)c(F)cc2C(C)(C)O)cn1)N(C)C. The first-order valence-electron chi connectivity index (χ1n) is 7.82. The molecule has 1 aromatic carbocycles. The Morgan fingerprint density at radius 1 is 1.24 bits per heavy atom. The van der Waals surface area contributed by atoms with Crippen LogP contribution in [-0.4, -0.2) is 40.2 Å². The van der Waals surface area contributed by atoms with Crippen molar-refractivity contribution in [2.24, 2.45) is 0 Å². The predicted molar refractivity (Wildman–Crippen MR) is 98.7 cm³/mol. The number of benzene rings is 1. The largest absolute Gasteiger partial charge is 0.386 e. The van der Waals surface area contributed by atoms with Crippen LogP contribution >= 0.6 is 11.6 Å². The molecule has 3 N–H and O–H groups in total. The lowest BCUT2D eigenvalue weighted by Gasteiger charge is -2.23. The number of hydrogen-bond acceptors (Lipinski definition) is 6.